The van der Waals surface area contributed by atoms with Gasteiger partial charge in [0.2, 0.25) is 15.8 Å². The minimum atomic E-state index is -4.12. The molecule has 3 aromatic carbocycles. The van der Waals surface area contributed by atoms with E-state index in [0.29, 0.717) is 5.75 Å². The van der Waals surface area contributed by atoms with Gasteiger partial charge in [-0.3, -0.25) is 4.79 Å². The fourth-order valence-corrected chi connectivity index (χ4v) is 6.49. The molecule has 0 fully saturated rings. The van der Waals surface area contributed by atoms with E-state index < -0.39 is 45.3 Å². The molecule has 1 amide bonds. The summed E-state index contributed by atoms with van der Waals surface area (Å²) in [5.74, 6) is -2.77. The number of carbonyl (C=O) groups excluding carboxylic acids is 1. The predicted octanol–water partition coefficient (Wildman–Crippen LogP) is 3.47. The molecule has 0 aliphatic heterocycles. The monoisotopic (exact) mass is 598 g/mol. The highest BCUT2D eigenvalue weighted by molar-refractivity contribution is 7.89. The maximum atomic E-state index is 13.8. The van der Waals surface area contributed by atoms with Gasteiger partial charge in [0.1, 0.15) is 5.75 Å². The molecule has 0 aliphatic rings. The first-order chi connectivity index (χ1) is 19.6. The van der Waals surface area contributed by atoms with Crippen LogP contribution in [0.2, 0.25) is 0 Å². The topological polar surface area (TPSA) is 157 Å². The second-order valence-corrected chi connectivity index (χ2v) is 12.2. The van der Waals surface area contributed by atoms with Crippen molar-refractivity contribution in [1.82, 2.24) is 9.62 Å². The van der Waals surface area contributed by atoms with Crippen molar-refractivity contribution in [3.8, 4) is 23.0 Å². The Morgan fingerprint density at radius 3 is 2.41 bits per heavy atom. The van der Waals surface area contributed by atoms with Crippen LogP contribution in [0.25, 0.3) is 0 Å². The van der Waals surface area contributed by atoms with Crippen molar-refractivity contribution in [2.24, 2.45) is 0 Å². The molecule has 4 rings (SSSR count). The number of methoxy groups -OCH3 is 1. The maximum absolute atomic E-state index is 13.8. The maximum Gasteiger partial charge on any atom is 0.255 e. The van der Waals surface area contributed by atoms with E-state index in [4.69, 9.17) is 4.74 Å². The fraction of sp³-hybridized carbons (Fsp3) is 0.207. The lowest BCUT2D eigenvalue weighted by molar-refractivity contribution is 0.0776. The number of aromatic hydroxyl groups is 3. The molecule has 2 unspecified atom stereocenters. The van der Waals surface area contributed by atoms with E-state index >= 15 is 0 Å². The standard InChI is InChI=1S/C29H30N2O8S2/c1-39-20-9-5-11-22(16-20)41(37,38)31(17-21-10-6-14-40-21)18-26(33)24(15-19-7-3-2-4-8-19)30-29(36)23-12-13-25(32)28(35)27(23)34/h2-14,16,24,26,32-35H,15,17-18H2,1H3,(H,30,36). The molecule has 0 saturated carbocycles. The number of aliphatic hydroxyl groups excluding tert-OH is 1. The van der Waals surface area contributed by atoms with Gasteiger partial charge in [0, 0.05) is 24.0 Å². The van der Waals surface area contributed by atoms with E-state index in [1.165, 1.54) is 30.6 Å². The molecule has 1 heterocycles. The molecule has 1 aromatic heterocycles. The van der Waals surface area contributed by atoms with Crippen molar-refractivity contribution in [3.63, 3.8) is 0 Å². The lowest BCUT2D eigenvalue weighted by Gasteiger charge is -2.30. The molecule has 0 radical (unpaired) electrons. The number of aliphatic hydroxyl groups is 1. The third-order valence-corrected chi connectivity index (χ3v) is 9.10. The predicted molar refractivity (Wildman–Crippen MR) is 154 cm³/mol. The number of hydrogen-bond acceptors (Lipinski definition) is 9. The zero-order valence-electron chi connectivity index (χ0n) is 22.0. The van der Waals surface area contributed by atoms with Crippen LogP contribution in [0.4, 0.5) is 0 Å². The van der Waals surface area contributed by atoms with Crippen molar-refractivity contribution < 1.29 is 38.4 Å². The molecule has 0 bridgehead atoms. The van der Waals surface area contributed by atoms with Crippen LogP contribution < -0.4 is 10.1 Å². The third kappa shape index (κ3) is 7.16. The van der Waals surface area contributed by atoms with Gasteiger partial charge in [0.15, 0.2) is 11.5 Å². The number of ether oxygens (including phenoxy) is 1. The minimum absolute atomic E-state index is 0.0197. The van der Waals surface area contributed by atoms with Gasteiger partial charge in [0.05, 0.1) is 29.7 Å². The number of thiophene rings is 1. The number of nitrogens with zero attached hydrogens (tertiary/aromatic N) is 1. The quantitative estimate of drug-likeness (QED) is 0.155. The summed E-state index contributed by atoms with van der Waals surface area (Å²) in [6.07, 6.45) is -1.27. The second kappa shape index (κ2) is 13.0. The van der Waals surface area contributed by atoms with Crippen LogP contribution in [-0.4, -0.2) is 64.9 Å². The molecule has 216 valence electrons. The van der Waals surface area contributed by atoms with E-state index in [9.17, 15) is 33.6 Å². The third-order valence-electron chi connectivity index (χ3n) is 6.44. The summed E-state index contributed by atoms with van der Waals surface area (Å²) in [6, 6.07) is 19.8. The van der Waals surface area contributed by atoms with Crippen molar-refractivity contribution in [1.29, 1.82) is 0 Å². The van der Waals surface area contributed by atoms with Crippen LogP contribution in [0.1, 0.15) is 20.8 Å². The van der Waals surface area contributed by atoms with E-state index in [2.05, 4.69) is 5.32 Å². The van der Waals surface area contributed by atoms with Gasteiger partial charge in [0.25, 0.3) is 5.91 Å². The summed E-state index contributed by atoms with van der Waals surface area (Å²) in [5, 5.41) is 45.7. The van der Waals surface area contributed by atoms with Gasteiger partial charge in [-0.05, 0) is 47.7 Å². The number of rotatable bonds is 12. The van der Waals surface area contributed by atoms with Crippen molar-refractivity contribution in [3.05, 3.63) is 100 Å². The summed E-state index contributed by atoms with van der Waals surface area (Å²) < 4.78 is 33.9. The van der Waals surface area contributed by atoms with E-state index in [-0.39, 0.29) is 30.0 Å². The Kier molecular flexibility index (Phi) is 9.50. The average molecular weight is 599 g/mol. The number of phenolic OH excluding ortho intramolecular Hbond substituents is 3. The number of amides is 1. The zero-order valence-corrected chi connectivity index (χ0v) is 23.7. The van der Waals surface area contributed by atoms with Crippen LogP contribution in [-0.2, 0) is 23.0 Å². The smallest absolute Gasteiger partial charge is 0.255 e. The van der Waals surface area contributed by atoms with Gasteiger partial charge in [-0.1, -0.05) is 42.5 Å². The van der Waals surface area contributed by atoms with E-state index in [1.54, 1.807) is 48.5 Å². The Balaban J connectivity index is 1.66. The Bertz CT molecular complexity index is 1580. The van der Waals surface area contributed by atoms with Crippen LogP contribution >= 0.6 is 11.3 Å². The first kappa shape index (κ1) is 29.9. The van der Waals surface area contributed by atoms with Crippen LogP contribution in [0, 0.1) is 0 Å². The molecule has 10 nitrogen and oxygen atoms in total. The van der Waals surface area contributed by atoms with Crippen molar-refractivity contribution in [2.75, 3.05) is 13.7 Å². The van der Waals surface area contributed by atoms with Crippen LogP contribution in [0.3, 0.4) is 0 Å². The number of carbonyl (C=O) groups is 1. The molecule has 0 spiro atoms. The number of phenols is 3. The summed E-state index contributed by atoms with van der Waals surface area (Å²) in [5.41, 5.74) is 0.431. The SMILES string of the molecule is COc1cccc(S(=O)(=O)N(Cc2cccs2)CC(O)C(Cc2ccccc2)NC(=O)c2ccc(O)c(O)c2O)c1. The lowest BCUT2D eigenvalue weighted by Crippen LogP contribution is -2.50. The van der Waals surface area contributed by atoms with Gasteiger partial charge in [-0.15, -0.1) is 11.3 Å². The number of nitrogens with one attached hydrogen (secondary N) is 1. The van der Waals surface area contributed by atoms with E-state index in [1.807, 2.05) is 11.4 Å². The molecule has 41 heavy (non-hydrogen) atoms. The molecular weight excluding hydrogens is 568 g/mol. The van der Waals surface area contributed by atoms with Gasteiger partial charge in [-0.2, -0.15) is 4.31 Å². The number of benzene rings is 3. The van der Waals surface area contributed by atoms with Crippen LogP contribution in [0.5, 0.6) is 23.0 Å². The Labute approximate surface area is 241 Å². The summed E-state index contributed by atoms with van der Waals surface area (Å²) in [4.78, 5) is 13.9. The Hall–Kier alpha value is -4.10. The highest BCUT2D eigenvalue weighted by Gasteiger charge is 2.32. The second-order valence-electron chi connectivity index (χ2n) is 9.22. The van der Waals surface area contributed by atoms with Gasteiger partial charge in [-0.25, -0.2) is 8.42 Å². The van der Waals surface area contributed by atoms with Gasteiger partial charge < -0.3 is 30.5 Å². The number of sulfonamides is 1. The highest BCUT2D eigenvalue weighted by atomic mass is 32.2. The van der Waals surface area contributed by atoms with Crippen molar-refractivity contribution >= 4 is 27.3 Å². The Morgan fingerprint density at radius 2 is 1.73 bits per heavy atom. The molecule has 4 aromatic rings. The van der Waals surface area contributed by atoms with Gasteiger partial charge >= 0.3 is 0 Å². The van der Waals surface area contributed by atoms with E-state index in [0.717, 1.165) is 26.9 Å². The summed E-state index contributed by atoms with van der Waals surface area (Å²) >= 11 is 1.37. The molecule has 5 N–H and O–H groups in total. The molecule has 12 heteroatoms. The normalized spacial score (nSPS) is 13.0. The average Bonchev–Trinajstić information content (AvgIpc) is 3.49. The first-order valence-corrected chi connectivity index (χ1v) is 14.9. The Morgan fingerprint density at radius 1 is 0.976 bits per heavy atom. The molecular formula is C29H30N2O8S2. The first-order valence-electron chi connectivity index (χ1n) is 12.5. The molecule has 0 aliphatic carbocycles. The van der Waals surface area contributed by atoms with Crippen molar-refractivity contribution in [2.45, 2.75) is 30.0 Å². The number of hydrogen-bond donors (Lipinski definition) is 5. The largest absolute Gasteiger partial charge is 0.504 e. The minimum Gasteiger partial charge on any atom is -0.504 e. The molecule has 2 atom stereocenters. The van der Waals surface area contributed by atoms with Crippen LogP contribution in [0.15, 0.2) is 89.1 Å². The fourth-order valence-electron chi connectivity index (χ4n) is 4.22. The zero-order chi connectivity index (χ0) is 29.6. The summed E-state index contributed by atoms with van der Waals surface area (Å²) in [6.45, 7) is -0.394. The lowest BCUT2D eigenvalue weighted by atomic mass is 10.00. The molecule has 0 saturated heterocycles. The summed E-state index contributed by atoms with van der Waals surface area (Å²) in [7, 11) is -2.69. The highest BCUT2D eigenvalue weighted by Crippen LogP contribution is 2.37.